The molecule has 0 aliphatic carbocycles. The SMILES string of the molecule is CCSc1nnc(SCC(=O)NC(C)c2ccc(F)cc2)s1. The molecule has 1 aromatic heterocycles. The number of hydrogen-bond acceptors (Lipinski definition) is 6. The van der Waals surface area contributed by atoms with Crippen molar-refractivity contribution in [1.29, 1.82) is 0 Å². The highest BCUT2D eigenvalue weighted by Gasteiger charge is 2.12. The number of benzene rings is 1. The molecule has 0 aliphatic rings. The first-order valence-electron chi connectivity index (χ1n) is 6.72. The number of halogens is 1. The highest BCUT2D eigenvalue weighted by atomic mass is 32.2. The molecular weight excluding hydrogens is 341 g/mol. The number of nitrogens with zero attached hydrogens (tertiary/aromatic N) is 2. The predicted octanol–water partition coefficient (Wildman–Crippen LogP) is 3.76. The van der Waals surface area contributed by atoms with Crippen LogP contribution in [-0.4, -0.2) is 27.6 Å². The van der Waals surface area contributed by atoms with Crippen molar-refractivity contribution in [3.8, 4) is 0 Å². The summed E-state index contributed by atoms with van der Waals surface area (Å²) >= 11 is 4.51. The van der Waals surface area contributed by atoms with Crippen LogP contribution < -0.4 is 5.32 Å². The molecule has 0 saturated carbocycles. The maximum atomic E-state index is 12.9. The largest absolute Gasteiger partial charge is 0.349 e. The predicted molar refractivity (Wildman–Crippen MR) is 90.0 cm³/mol. The topological polar surface area (TPSA) is 54.9 Å². The Hall–Kier alpha value is -1.12. The van der Waals surface area contributed by atoms with Gasteiger partial charge in [-0.3, -0.25) is 4.79 Å². The number of aromatic nitrogens is 2. The number of carbonyl (C=O) groups excluding carboxylic acids is 1. The third-order valence-corrected chi connectivity index (χ3v) is 5.80. The van der Waals surface area contributed by atoms with Gasteiger partial charge in [0.1, 0.15) is 5.82 Å². The molecule has 1 unspecified atom stereocenters. The van der Waals surface area contributed by atoms with E-state index in [2.05, 4.69) is 22.4 Å². The van der Waals surface area contributed by atoms with Gasteiger partial charge in [0.05, 0.1) is 11.8 Å². The molecule has 0 saturated heterocycles. The molecule has 0 spiro atoms. The molecule has 1 amide bonds. The molecule has 8 heteroatoms. The highest BCUT2D eigenvalue weighted by molar-refractivity contribution is 8.03. The number of thioether (sulfide) groups is 2. The van der Waals surface area contributed by atoms with E-state index >= 15 is 0 Å². The molecule has 0 fully saturated rings. The molecule has 0 aliphatic heterocycles. The smallest absolute Gasteiger partial charge is 0.230 e. The first kappa shape index (κ1) is 17.2. The van der Waals surface area contributed by atoms with E-state index in [0.717, 1.165) is 20.0 Å². The summed E-state index contributed by atoms with van der Waals surface area (Å²) in [6.45, 7) is 3.93. The van der Waals surface area contributed by atoms with E-state index in [1.807, 2.05) is 6.92 Å². The Bertz CT molecular complexity index is 618. The minimum absolute atomic E-state index is 0.0817. The van der Waals surface area contributed by atoms with Crippen LogP contribution in [0, 0.1) is 5.82 Å². The van der Waals surface area contributed by atoms with Gasteiger partial charge in [-0.15, -0.1) is 10.2 Å². The Kier molecular flexibility index (Phi) is 6.66. The first-order chi connectivity index (χ1) is 10.6. The van der Waals surface area contributed by atoms with Crippen molar-refractivity contribution in [2.24, 2.45) is 0 Å². The lowest BCUT2D eigenvalue weighted by Gasteiger charge is -2.13. The van der Waals surface area contributed by atoms with E-state index in [9.17, 15) is 9.18 Å². The van der Waals surface area contributed by atoms with Crippen LogP contribution in [0.15, 0.2) is 32.9 Å². The van der Waals surface area contributed by atoms with Gasteiger partial charge < -0.3 is 5.32 Å². The molecule has 1 atom stereocenters. The molecule has 0 bridgehead atoms. The van der Waals surface area contributed by atoms with Gasteiger partial charge in [0.2, 0.25) is 5.91 Å². The summed E-state index contributed by atoms with van der Waals surface area (Å²) < 4.78 is 14.6. The van der Waals surface area contributed by atoms with E-state index in [1.54, 1.807) is 23.9 Å². The van der Waals surface area contributed by atoms with Crippen LogP contribution >= 0.6 is 34.9 Å². The van der Waals surface area contributed by atoms with Gasteiger partial charge in [-0.1, -0.05) is 53.9 Å². The van der Waals surface area contributed by atoms with Gasteiger partial charge in [0, 0.05) is 0 Å². The lowest BCUT2D eigenvalue weighted by Crippen LogP contribution is -2.28. The fourth-order valence-corrected chi connectivity index (χ4v) is 4.41. The maximum Gasteiger partial charge on any atom is 0.230 e. The molecule has 22 heavy (non-hydrogen) atoms. The third kappa shape index (κ3) is 5.26. The molecular formula is C14H16FN3OS3. The van der Waals surface area contributed by atoms with Crippen LogP contribution in [0.25, 0.3) is 0 Å². The van der Waals surface area contributed by atoms with Gasteiger partial charge in [0.15, 0.2) is 8.68 Å². The van der Waals surface area contributed by atoms with Crippen molar-refractivity contribution in [3.63, 3.8) is 0 Å². The van der Waals surface area contributed by atoms with E-state index in [-0.39, 0.29) is 23.5 Å². The lowest BCUT2D eigenvalue weighted by atomic mass is 10.1. The molecule has 2 rings (SSSR count). The van der Waals surface area contributed by atoms with Crippen LogP contribution in [0.3, 0.4) is 0 Å². The van der Waals surface area contributed by atoms with Crippen molar-refractivity contribution in [1.82, 2.24) is 15.5 Å². The van der Waals surface area contributed by atoms with Crippen molar-refractivity contribution in [2.45, 2.75) is 28.6 Å². The molecule has 2 aromatic rings. The summed E-state index contributed by atoms with van der Waals surface area (Å²) in [4.78, 5) is 11.9. The number of nitrogens with one attached hydrogen (secondary N) is 1. The second-order valence-corrected chi connectivity index (χ2v) is 8.11. The van der Waals surface area contributed by atoms with Gasteiger partial charge in [-0.2, -0.15) is 0 Å². The number of amides is 1. The molecule has 1 heterocycles. The van der Waals surface area contributed by atoms with E-state index in [4.69, 9.17) is 0 Å². The van der Waals surface area contributed by atoms with E-state index < -0.39 is 0 Å². The zero-order valence-electron chi connectivity index (χ0n) is 12.2. The second-order valence-electron chi connectivity index (χ2n) is 4.40. The zero-order chi connectivity index (χ0) is 15.9. The molecule has 0 radical (unpaired) electrons. The normalized spacial score (nSPS) is 12.1. The van der Waals surface area contributed by atoms with Gasteiger partial charge >= 0.3 is 0 Å². The summed E-state index contributed by atoms with van der Waals surface area (Å²) in [5.74, 6) is 0.878. The van der Waals surface area contributed by atoms with E-state index in [1.165, 1.54) is 35.2 Å². The van der Waals surface area contributed by atoms with Gasteiger partial charge in [0.25, 0.3) is 0 Å². The molecule has 4 nitrogen and oxygen atoms in total. The average Bonchev–Trinajstić information content (AvgIpc) is 2.94. The summed E-state index contributed by atoms with van der Waals surface area (Å²) in [7, 11) is 0. The molecule has 118 valence electrons. The van der Waals surface area contributed by atoms with Crippen molar-refractivity contribution >= 4 is 40.8 Å². The third-order valence-electron chi connectivity index (χ3n) is 2.73. The van der Waals surface area contributed by atoms with Crippen LogP contribution in [0.1, 0.15) is 25.5 Å². The van der Waals surface area contributed by atoms with Crippen molar-refractivity contribution < 1.29 is 9.18 Å². The standard InChI is InChI=1S/C14H16FN3OS3/c1-3-20-13-17-18-14(22-13)21-8-12(19)16-9(2)10-4-6-11(15)7-5-10/h4-7,9H,3,8H2,1-2H3,(H,16,19). The highest BCUT2D eigenvalue weighted by Crippen LogP contribution is 2.28. The summed E-state index contributed by atoms with van der Waals surface area (Å²) in [6.07, 6.45) is 0. The van der Waals surface area contributed by atoms with Crippen LogP contribution in [0.5, 0.6) is 0 Å². The van der Waals surface area contributed by atoms with Crippen LogP contribution in [0.2, 0.25) is 0 Å². The molecule has 1 aromatic carbocycles. The molecule has 1 N–H and O–H groups in total. The van der Waals surface area contributed by atoms with Crippen LogP contribution in [0.4, 0.5) is 4.39 Å². The fourth-order valence-electron chi connectivity index (χ4n) is 1.68. The average molecular weight is 358 g/mol. The Morgan fingerprint density at radius 3 is 2.55 bits per heavy atom. The Labute approximate surface area is 141 Å². The minimum atomic E-state index is -0.283. The summed E-state index contributed by atoms with van der Waals surface area (Å²) in [5, 5.41) is 11.0. The van der Waals surface area contributed by atoms with Gasteiger partial charge in [-0.05, 0) is 30.4 Å². The van der Waals surface area contributed by atoms with Crippen molar-refractivity contribution in [3.05, 3.63) is 35.6 Å². The van der Waals surface area contributed by atoms with Crippen molar-refractivity contribution in [2.75, 3.05) is 11.5 Å². The Morgan fingerprint density at radius 1 is 1.27 bits per heavy atom. The number of hydrogen-bond donors (Lipinski definition) is 1. The minimum Gasteiger partial charge on any atom is -0.349 e. The quantitative estimate of drug-likeness (QED) is 0.765. The monoisotopic (exact) mass is 357 g/mol. The van der Waals surface area contributed by atoms with Crippen LogP contribution in [-0.2, 0) is 4.79 Å². The number of rotatable bonds is 7. The number of carbonyl (C=O) groups is 1. The second kappa shape index (κ2) is 8.50. The lowest BCUT2D eigenvalue weighted by molar-refractivity contribution is -0.119. The summed E-state index contributed by atoms with van der Waals surface area (Å²) in [5.41, 5.74) is 0.872. The van der Waals surface area contributed by atoms with Gasteiger partial charge in [-0.25, -0.2) is 4.39 Å². The Morgan fingerprint density at radius 2 is 1.91 bits per heavy atom. The maximum absolute atomic E-state index is 12.9. The first-order valence-corrected chi connectivity index (χ1v) is 9.51. The summed E-state index contributed by atoms with van der Waals surface area (Å²) in [6, 6.07) is 5.97. The Balaban J connectivity index is 1.80. The van der Waals surface area contributed by atoms with E-state index in [0.29, 0.717) is 0 Å². The fraction of sp³-hybridized carbons (Fsp3) is 0.357. The zero-order valence-corrected chi connectivity index (χ0v) is 14.7.